The van der Waals surface area contributed by atoms with Crippen molar-refractivity contribution in [1.82, 2.24) is 24.4 Å². The summed E-state index contributed by atoms with van der Waals surface area (Å²) < 4.78 is 7.40. The zero-order chi connectivity index (χ0) is 26.0. The van der Waals surface area contributed by atoms with Crippen LogP contribution in [0.1, 0.15) is 50.7 Å². The van der Waals surface area contributed by atoms with Gasteiger partial charge in [0.25, 0.3) is 0 Å². The van der Waals surface area contributed by atoms with Crippen molar-refractivity contribution in [3.63, 3.8) is 0 Å². The second-order valence-corrected chi connectivity index (χ2v) is 9.21. The summed E-state index contributed by atoms with van der Waals surface area (Å²) >= 11 is 0. The number of nitrogen functional groups attached to an aromatic ring is 1. The average Bonchev–Trinajstić information content (AvgIpc) is 3.22. The number of hydrogen-bond acceptors (Lipinski definition) is 9. The molecule has 0 spiro atoms. The van der Waals surface area contributed by atoms with Crippen molar-refractivity contribution >= 4 is 34.6 Å². The molecule has 3 aromatic rings. The molecule has 0 saturated carbocycles. The molecule has 0 aromatic carbocycles. The molecule has 3 N–H and O–H groups in total. The number of nitrogens with two attached hydrogens (primary N) is 1. The van der Waals surface area contributed by atoms with E-state index in [0.29, 0.717) is 49.7 Å². The van der Waals surface area contributed by atoms with Crippen LogP contribution in [0.15, 0.2) is 18.3 Å². The summed E-state index contributed by atoms with van der Waals surface area (Å²) in [6, 6.07) is 6.05. The standard InChI is InChI=1S/C25H33N9O2/c1-6-18-17(14-26)23(31-24(27)30-18)28-16(4)22-21(13-20-19(29-22)7-8-32(20)5)33-9-11-34(12-10-33)25(35)36-15(2)3/h7-8,13,15-16H,6,9-12H2,1-5H3,(H3,27,28,30,31). The van der Waals surface area contributed by atoms with E-state index >= 15 is 0 Å². The Hall–Kier alpha value is -4.07. The number of pyridine rings is 1. The first-order valence-electron chi connectivity index (χ1n) is 12.2. The average molecular weight is 492 g/mol. The molecule has 4 rings (SSSR count). The Bertz CT molecular complexity index is 1300. The van der Waals surface area contributed by atoms with Gasteiger partial charge >= 0.3 is 6.09 Å². The topological polar surface area (TPSA) is 138 Å². The van der Waals surface area contributed by atoms with E-state index in [1.807, 2.05) is 51.6 Å². The molecule has 1 aliphatic heterocycles. The second-order valence-electron chi connectivity index (χ2n) is 9.21. The highest BCUT2D eigenvalue weighted by atomic mass is 16.6. The predicted molar refractivity (Wildman–Crippen MR) is 139 cm³/mol. The van der Waals surface area contributed by atoms with Gasteiger partial charge in [-0.15, -0.1) is 0 Å². The molecule has 4 heterocycles. The highest BCUT2D eigenvalue weighted by Gasteiger charge is 2.27. The number of nitriles is 1. The lowest BCUT2D eigenvalue weighted by molar-refractivity contribution is 0.0751. The van der Waals surface area contributed by atoms with Crippen LogP contribution < -0.4 is 16.0 Å². The number of rotatable bonds is 6. The molecule has 0 aliphatic carbocycles. The van der Waals surface area contributed by atoms with Crippen LogP contribution in [0.4, 0.5) is 22.2 Å². The lowest BCUT2D eigenvalue weighted by Gasteiger charge is -2.37. The Balaban J connectivity index is 1.66. The molecule has 1 atom stereocenters. The smallest absolute Gasteiger partial charge is 0.410 e. The third-order valence-electron chi connectivity index (χ3n) is 6.30. The first kappa shape index (κ1) is 25.0. The maximum Gasteiger partial charge on any atom is 0.410 e. The Morgan fingerprint density at radius 2 is 1.94 bits per heavy atom. The van der Waals surface area contributed by atoms with E-state index < -0.39 is 0 Å². The number of piperazine rings is 1. The lowest BCUT2D eigenvalue weighted by atomic mass is 10.1. The monoisotopic (exact) mass is 491 g/mol. The van der Waals surface area contributed by atoms with Gasteiger partial charge in [0, 0.05) is 39.4 Å². The van der Waals surface area contributed by atoms with Crippen LogP contribution in [0, 0.1) is 11.3 Å². The molecule has 1 saturated heterocycles. The number of aryl methyl sites for hydroxylation is 2. The van der Waals surface area contributed by atoms with Crippen molar-refractivity contribution in [3.8, 4) is 6.07 Å². The molecule has 36 heavy (non-hydrogen) atoms. The molecule has 11 heteroatoms. The number of nitrogens with zero attached hydrogens (tertiary/aromatic N) is 7. The minimum absolute atomic E-state index is 0.122. The Morgan fingerprint density at radius 3 is 2.58 bits per heavy atom. The molecule has 11 nitrogen and oxygen atoms in total. The van der Waals surface area contributed by atoms with Gasteiger partial charge in [0.15, 0.2) is 0 Å². The van der Waals surface area contributed by atoms with Crippen molar-refractivity contribution in [2.75, 3.05) is 42.1 Å². The van der Waals surface area contributed by atoms with E-state index in [0.717, 1.165) is 22.4 Å². The molecule has 1 fully saturated rings. The zero-order valence-electron chi connectivity index (χ0n) is 21.4. The number of fused-ring (bicyclic) bond motifs is 1. The number of ether oxygens (including phenoxy) is 1. The van der Waals surface area contributed by atoms with Crippen LogP contribution in [0.2, 0.25) is 0 Å². The van der Waals surface area contributed by atoms with Crippen LogP contribution >= 0.6 is 0 Å². The number of carbonyl (C=O) groups excluding carboxylic acids is 1. The Kier molecular flexibility index (Phi) is 7.15. The number of aromatic nitrogens is 4. The molecule has 0 bridgehead atoms. The lowest BCUT2D eigenvalue weighted by Crippen LogP contribution is -2.49. The van der Waals surface area contributed by atoms with E-state index in [-0.39, 0.29) is 24.2 Å². The van der Waals surface area contributed by atoms with Crippen molar-refractivity contribution in [3.05, 3.63) is 35.3 Å². The summed E-state index contributed by atoms with van der Waals surface area (Å²) in [5, 5.41) is 13.1. The molecule has 1 aliphatic rings. The molecular formula is C25H33N9O2. The number of anilines is 3. The Labute approximate surface area is 210 Å². The van der Waals surface area contributed by atoms with Crippen molar-refractivity contribution in [1.29, 1.82) is 5.26 Å². The van der Waals surface area contributed by atoms with Gasteiger partial charge in [0.1, 0.15) is 17.5 Å². The van der Waals surface area contributed by atoms with Crippen molar-refractivity contribution in [2.45, 2.75) is 46.3 Å². The number of hydrogen-bond donors (Lipinski definition) is 2. The van der Waals surface area contributed by atoms with Gasteiger partial charge < -0.3 is 30.2 Å². The summed E-state index contributed by atoms with van der Waals surface area (Å²) in [4.78, 5) is 29.9. The highest BCUT2D eigenvalue weighted by Crippen LogP contribution is 2.32. The van der Waals surface area contributed by atoms with Gasteiger partial charge in [-0.1, -0.05) is 6.92 Å². The van der Waals surface area contributed by atoms with Crippen molar-refractivity contribution < 1.29 is 9.53 Å². The first-order chi connectivity index (χ1) is 17.2. The molecule has 0 radical (unpaired) electrons. The van der Waals surface area contributed by atoms with Gasteiger partial charge in [-0.3, -0.25) is 0 Å². The van der Waals surface area contributed by atoms with E-state index in [1.165, 1.54) is 0 Å². The minimum Gasteiger partial charge on any atom is -0.447 e. The summed E-state index contributed by atoms with van der Waals surface area (Å²) in [5.41, 5.74) is 10.6. The van der Waals surface area contributed by atoms with Crippen LogP contribution in [-0.4, -0.2) is 62.8 Å². The maximum atomic E-state index is 12.4. The summed E-state index contributed by atoms with van der Waals surface area (Å²) in [5.74, 6) is 0.521. The fourth-order valence-electron chi connectivity index (χ4n) is 4.45. The largest absolute Gasteiger partial charge is 0.447 e. The van der Waals surface area contributed by atoms with Crippen LogP contribution in [-0.2, 0) is 18.2 Å². The summed E-state index contributed by atoms with van der Waals surface area (Å²) in [7, 11) is 1.99. The summed E-state index contributed by atoms with van der Waals surface area (Å²) in [6.45, 7) is 10.0. The van der Waals surface area contributed by atoms with Crippen LogP contribution in [0.5, 0.6) is 0 Å². The highest BCUT2D eigenvalue weighted by molar-refractivity contribution is 5.81. The second kappa shape index (κ2) is 10.3. The fourth-order valence-corrected chi connectivity index (χ4v) is 4.45. The molecule has 190 valence electrons. The quantitative estimate of drug-likeness (QED) is 0.532. The van der Waals surface area contributed by atoms with Gasteiger partial charge in [-0.05, 0) is 39.3 Å². The Morgan fingerprint density at radius 1 is 1.22 bits per heavy atom. The SMILES string of the molecule is CCc1nc(N)nc(NC(C)c2nc3ccn(C)c3cc2N2CCN(C(=O)OC(C)C)CC2)c1C#N. The first-order valence-corrected chi connectivity index (χ1v) is 12.2. The van der Waals surface area contributed by atoms with E-state index in [2.05, 4.69) is 32.3 Å². The van der Waals surface area contributed by atoms with Gasteiger partial charge in [0.05, 0.1) is 40.3 Å². The third kappa shape index (κ3) is 4.98. The molecular weight excluding hydrogens is 458 g/mol. The fraction of sp³-hybridized carbons (Fsp3) is 0.480. The van der Waals surface area contributed by atoms with Crippen LogP contribution in [0.3, 0.4) is 0 Å². The number of nitrogens with one attached hydrogen (secondary N) is 1. The zero-order valence-corrected chi connectivity index (χ0v) is 21.4. The third-order valence-corrected chi connectivity index (χ3v) is 6.30. The van der Waals surface area contributed by atoms with E-state index in [9.17, 15) is 10.1 Å². The molecule has 1 unspecified atom stereocenters. The number of amides is 1. The van der Waals surface area contributed by atoms with Crippen LogP contribution in [0.25, 0.3) is 11.0 Å². The van der Waals surface area contributed by atoms with Crippen molar-refractivity contribution in [2.24, 2.45) is 7.05 Å². The molecule has 1 amide bonds. The van der Waals surface area contributed by atoms with E-state index in [1.54, 1.807) is 4.90 Å². The maximum absolute atomic E-state index is 12.4. The predicted octanol–water partition coefficient (Wildman–Crippen LogP) is 3.22. The van der Waals surface area contributed by atoms with Gasteiger partial charge in [-0.2, -0.15) is 10.2 Å². The van der Waals surface area contributed by atoms with E-state index in [4.69, 9.17) is 15.5 Å². The van der Waals surface area contributed by atoms with Gasteiger partial charge in [-0.25, -0.2) is 14.8 Å². The van der Waals surface area contributed by atoms with Gasteiger partial charge in [0.2, 0.25) is 5.95 Å². The summed E-state index contributed by atoms with van der Waals surface area (Å²) in [6.07, 6.45) is 2.12. The minimum atomic E-state index is -0.284. The number of carbonyl (C=O) groups is 1. The molecule has 3 aromatic heterocycles. The normalized spacial score (nSPS) is 14.7.